The van der Waals surface area contributed by atoms with Crippen molar-refractivity contribution in [3.05, 3.63) is 29.8 Å². The molecule has 0 saturated heterocycles. The van der Waals surface area contributed by atoms with E-state index in [0.29, 0.717) is 16.3 Å². The number of hydrogen-bond donors (Lipinski definition) is 3. The van der Waals surface area contributed by atoms with Crippen molar-refractivity contribution in [1.29, 1.82) is 5.41 Å². The zero-order valence-corrected chi connectivity index (χ0v) is 13.3. The third-order valence-corrected chi connectivity index (χ3v) is 2.69. The zero-order chi connectivity index (χ0) is 15.3. The number of benzene rings is 2. The van der Waals surface area contributed by atoms with Gasteiger partial charge in [-0.3, -0.25) is 0 Å². The monoisotopic (exact) mass is 401 g/mol. The molecule has 8 heteroatoms. The molecule has 3 N–H and O–H groups in total. The number of amidine groups is 1. The number of phenolic OH excluding ortho intramolecular Hbond substituents is 2. The number of aromatic hydroxyl groups is 2. The molecule has 5 nitrogen and oxygen atoms in total. The molecule has 0 bridgehead atoms. The summed E-state index contributed by atoms with van der Waals surface area (Å²) in [6.07, 6.45) is 0. The molecular formula is C12H10ClN3O2PdS. The normalized spacial score (nSPS) is 10.4. The van der Waals surface area contributed by atoms with E-state index >= 15 is 0 Å². The summed E-state index contributed by atoms with van der Waals surface area (Å²) in [6.45, 7) is 1.58. The van der Waals surface area contributed by atoms with Crippen molar-refractivity contribution < 1.29 is 28.4 Å². The first-order chi connectivity index (χ1) is 9.52. The minimum absolute atomic E-state index is 0.00972. The average Bonchev–Trinajstić information content (AvgIpc) is 2.47. The van der Waals surface area contributed by atoms with Crippen molar-refractivity contribution in [3.63, 3.8) is 0 Å². The molecule has 0 atom stereocenters. The number of azo groups is 1. The van der Waals surface area contributed by atoms with Crippen molar-refractivity contribution in [2.45, 2.75) is 6.92 Å². The Bertz CT molecular complexity index is 679. The predicted octanol–water partition coefficient (Wildman–Crippen LogP) is 3.81. The van der Waals surface area contributed by atoms with Crippen molar-refractivity contribution >= 4 is 43.8 Å². The van der Waals surface area contributed by atoms with Gasteiger partial charge in [-0.2, -0.15) is 5.11 Å². The molecule has 2 aromatic rings. The number of halogens is 1. The second-order valence-corrected chi connectivity index (χ2v) is 4.11. The molecule has 0 amide bonds. The van der Waals surface area contributed by atoms with Crippen LogP contribution in [0.1, 0.15) is 5.56 Å². The van der Waals surface area contributed by atoms with Crippen molar-refractivity contribution in [2.75, 3.05) is 0 Å². The van der Waals surface area contributed by atoms with Crippen molar-refractivity contribution in [3.8, 4) is 11.5 Å². The Morgan fingerprint density at radius 3 is 2.30 bits per heavy atom. The van der Waals surface area contributed by atoms with Crippen molar-refractivity contribution in [2.24, 2.45) is 10.2 Å². The summed E-state index contributed by atoms with van der Waals surface area (Å²) >= 11 is 6.72. The van der Waals surface area contributed by atoms with Gasteiger partial charge in [-0.15, -0.1) is 5.11 Å². The van der Waals surface area contributed by atoms with Gasteiger partial charge in [-0.25, -0.2) is 0 Å². The molecule has 0 aliphatic rings. The Kier molecular flexibility index (Phi) is 6.30. The summed E-state index contributed by atoms with van der Waals surface area (Å²) in [7, 11) is 4.49. The van der Waals surface area contributed by atoms with E-state index in [4.69, 9.17) is 5.41 Å². The topological polar surface area (TPSA) is 89.0 Å². The molecule has 0 aromatic heterocycles. The van der Waals surface area contributed by atoms with Crippen LogP contribution in [0.15, 0.2) is 34.5 Å². The second-order valence-electron chi connectivity index (χ2n) is 3.72. The molecule has 0 saturated carbocycles. The molecule has 0 fully saturated rings. The molecule has 20 heavy (non-hydrogen) atoms. The number of phenols is 2. The Morgan fingerprint density at radius 2 is 1.75 bits per heavy atom. The van der Waals surface area contributed by atoms with Gasteiger partial charge in [0.2, 0.25) is 0 Å². The fourth-order valence-electron chi connectivity index (χ4n) is 1.71. The molecule has 2 aromatic carbocycles. The first-order valence-electron chi connectivity index (χ1n) is 5.25. The second kappa shape index (κ2) is 7.50. The summed E-state index contributed by atoms with van der Waals surface area (Å²) in [5.41, 5.74) is 0.522. The minimum atomic E-state index is -0.371. The van der Waals surface area contributed by atoms with Gasteiger partial charge in [0.05, 0.1) is 0 Å². The molecule has 0 spiro atoms. The predicted molar refractivity (Wildman–Crippen MR) is 77.5 cm³/mol. The van der Waals surface area contributed by atoms with Gasteiger partial charge in [0.1, 0.15) is 17.2 Å². The zero-order valence-electron chi connectivity index (χ0n) is 10.2. The number of rotatable bonds is 1. The molecule has 0 aliphatic heterocycles. The third-order valence-electron chi connectivity index (χ3n) is 2.61. The van der Waals surface area contributed by atoms with Crippen LogP contribution in [0, 0.1) is 12.3 Å². The summed E-state index contributed by atoms with van der Waals surface area (Å²) in [5.74, 6) is -0.151. The molecular weight excluding hydrogens is 392 g/mol. The number of fused-ring (bicyclic) bond motifs is 1. The van der Waals surface area contributed by atoms with Crippen molar-refractivity contribution in [1.82, 2.24) is 0 Å². The fraction of sp³-hybridized carbons (Fsp3) is 0.0833. The van der Waals surface area contributed by atoms with Crippen LogP contribution in [0.4, 0.5) is 5.69 Å². The Labute approximate surface area is 136 Å². The van der Waals surface area contributed by atoms with E-state index < -0.39 is 0 Å². The third kappa shape index (κ3) is 3.44. The van der Waals surface area contributed by atoms with Crippen LogP contribution in [-0.2, 0) is 30.8 Å². The summed E-state index contributed by atoms with van der Waals surface area (Å²) in [5, 5.41) is 34.9. The van der Waals surface area contributed by atoms with E-state index in [-0.39, 0.29) is 22.4 Å². The standard InChI is InChI=1S/C12H11N3O2S.ClH.Pd/c1-6-10(16)8-5-3-2-4-7(8)9(11(6)17)14-15-12(13)18;;/h2-5,16-17H,1H3,(H2,13,18);1H;/q;;+2/p-2. The summed E-state index contributed by atoms with van der Waals surface area (Å²) in [6, 6.07) is 6.95. The van der Waals surface area contributed by atoms with Crippen LogP contribution in [0.25, 0.3) is 10.8 Å². The fourth-order valence-corrected chi connectivity index (χ4v) is 1.75. The van der Waals surface area contributed by atoms with E-state index in [0.717, 1.165) is 0 Å². The molecule has 0 radical (unpaired) electrons. The molecule has 0 heterocycles. The van der Waals surface area contributed by atoms with Crippen LogP contribution in [0.3, 0.4) is 0 Å². The Balaban J connectivity index is 0.000000956. The SMILES string of the molecule is Cc1c(O)c(N=NC(=N)[S-])c2ccccc2c1O.[Cl][Pd+]. The van der Waals surface area contributed by atoms with Gasteiger partial charge >= 0.3 is 27.7 Å². The van der Waals surface area contributed by atoms with Crippen LogP contribution in [0.2, 0.25) is 0 Å². The van der Waals surface area contributed by atoms with Gasteiger partial charge in [0.25, 0.3) is 0 Å². The van der Waals surface area contributed by atoms with E-state index in [1.165, 1.54) is 0 Å². The Morgan fingerprint density at radius 1 is 1.20 bits per heavy atom. The maximum atomic E-state index is 9.97. The van der Waals surface area contributed by atoms with Crippen LogP contribution in [-0.4, -0.2) is 15.4 Å². The van der Waals surface area contributed by atoms with Crippen LogP contribution >= 0.6 is 9.53 Å². The maximum absolute atomic E-state index is 9.97. The molecule has 0 unspecified atom stereocenters. The number of hydrogen-bond acceptors (Lipinski definition) is 5. The number of nitrogens with zero attached hydrogens (tertiary/aromatic N) is 2. The summed E-state index contributed by atoms with van der Waals surface area (Å²) < 4.78 is 0. The van der Waals surface area contributed by atoms with E-state index in [9.17, 15) is 10.2 Å². The first kappa shape index (κ1) is 16.8. The van der Waals surface area contributed by atoms with Gasteiger partial charge in [0.15, 0.2) is 0 Å². The van der Waals surface area contributed by atoms with Gasteiger partial charge in [0, 0.05) is 21.5 Å². The quantitative estimate of drug-likeness (QED) is 0.223. The van der Waals surface area contributed by atoms with E-state index in [1.807, 2.05) is 0 Å². The van der Waals surface area contributed by atoms with E-state index in [1.54, 1.807) is 31.2 Å². The average molecular weight is 402 g/mol. The van der Waals surface area contributed by atoms with E-state index in [2.05, 4.69) is 50.6 Å². The molecule has 0 aliphatic carbocycles. The van der Waals surface area contributed by atoms with Gasteiger partial charge in [-0.05, 0) is 6.92 Å². The van der Waals surface area contributed by atoms with Gasteiger partial charge < -0.3 is 28.3 Å². The number of nitrogens with one attached hydrogen (secondary N) is 1. The van der Waals surface area contributed by atoms with Gasteiger partial charge in [-0.1, -0.05) is 24.3 Å². The summed E-state index contributed by atoms with van der Waals surface area (Å²) in [4.78, 5) is 0. The molecule has 2 rings (SSSR count). The van der Waals surface area contributed by atoms with Crippen LogP contribution in [0.5, 0.6) is 11.5 Å². The first-order valence-corrected chi connectivity index (χ1v) is 7.66. The van der Waals surface area contributed by atoms with Crippen LogP contribution < -0.4 is 0 Å². The Hall–Kier alpha value is -1.26. The molecule has 108 valence electrons.